The van der Waals surface area contributed by atoms with Crippen LogP contribution in [0.2, 0.25) is 0 Å². The summed E-state index contributed by atoms with van der Waals surface area (Å²) >= 11 is 0. The Morgan fingerprint density at radius 2 is 1.76 bits per heavy atom. The highest BCUT2D eigenvalue weighted by atomic mass is 19.4. The molecule has 3 nitrogen and oxygen atoms in total. The number of nitrogens with zero attached hydrogens (tertiary/aromatic N) is 2. The van der Waals surface area contributed by atoms with E-state index in [-0.39, 0.29) is 6.04 Å². The van der Waals surface area contributed by atoms with Gasteiger partial charge in [-0.3, -0.25) is 4.79 Å². The van der Waals surface area contributed by atoms with E-state index < -0.39 is 11.7 Å². The first-order chi connectivity index (χ1) is 9.75. The Morgan fingerprint density at radius 3 is 2.19 bits per heavy atom. The highest BCUT2D eigenvalue weighted by molar-refractivity contribution is 5.76. The second kappa shape index (κ2) is 5.35. The lowest BCUT2D eigenvalue weighted by atomic mass is 10.1. The molecule has 0 bridgehead atoms. The minimum absolute atomic E-state index is 0.0449. The number of carbonyl (C=O) groups excluding carboxylic acids is 1. The molecule has 0 fully saturated rings. The van der Waals surface area contributed by atoms with Crippen molar-refractivity contribution < 1.29 is 18.0 Å². The molecule has 1 aromatic heterocycles. The van der Waals surface area contributed by atoms with Crippen LogP contribution in [-0.4, -0.2) is 15.8 Å². The fraction of sp³-hybridized carbons (Fsp3) is 0.333. The SMILES string of the molecule is Cc1c(C=O)nc(-c2ccc(C(F)(F)F)cc2)n1C(C)C. The maximum Gasteiger partial charge on any atom is 0.416 e. The molecule has 0 N–H and O–H groups in total. The molecule has 21 heavy (non-hydrogen) atoms. The van der Waals surface area contributed by atoms with Gasteiger partial charge in [0.25, 0.3) is 0 Å². The Bertz CT molecular complexity index is 655. The largest absolute Gasteiger partial charge is 0.416 e. The van der Waals surface area contributed by atoms with Gasteiger partial charge in [-0.25, -0.2) is 4.98 Å². The second-order valence-corrected chi connectivity index (χ2v) is 5.06. The van der Waals surface area contributed by atoms with Crippen LogP contribution < -0.4 is 0 Å². The molecule has 0 saturated carbocycles. The van der Waals surface area contributed by atoms with Crippen molar-refractivity contribution in [2.75, 3.05) is 0 Å². The molecule has 1 aromatic carbocycles. The number of hydrogen-bond acceptors (Lipinski definition) is 2. The lowest BCUT2D eigenvalue weighted by Gasteiger charge is -2.14. The molecule has 0 aliphatic rings. The molecule has 0 atom stereocenters. The number of alkyl halides is 3. The van der Waals surface area contributed by atoms with E-state index in [9.17, 15) is 18.0 Å². The first-order valence-electron chi connectivity index (χ1n) is 6.47. The second-order valence-electron chi connectivity index (χ2n) is 5.06. The number of imidazole rings is 1. The normalized spacial score (nSPS) is 12.0. The maximum atomic E-state index is 12.6. The zero-order chi connectivity index (χ0) is 15.8. The van der Waals surface area contributed by atoms with Crippen molar-refractivity contribution in [1.29, 1.82) is 0 Å². The van der Waals surface area contributed by atoms with E-state index in [1.54, 1.807) is 6.92 Å². The van der Waals surface area contributed by atoms with Crippen LogP contribution in [0.25, 0.3) is 11.4 Å². The third kappa shape index (κ3) is 2.84. The Labute approximate surface area is 120 Å². The average Bonchev–Trinajstić information content (AvgIpc) is 2.75. The summed E-state index contributed by atoms with van der Waals surface area (Å²) in [4.78, 5) is 15.2. The summed E-state index contributed by atoms with van der Waals surface area (Å²) in [5.41, 5.74) is 0.850. The van der Waals surface area contributed by atoms with E-state index in [4.69, 9.17) is 0 Å². The predicted molar refractivity (Wildman–Crippen MR) is 73.2 cm³/mol. The van der Waals surface area contributed by atoms with Crippen molar-refractivity contribution in [1.82, 2.24) is 9.55 Å². The smallest absolute Gasteiger partial charge is 0.325 e. The van der Waals surface area contributed by atoms with E-state index in [1.165, 1.54) is 12.1 Å². The summed E-state index contributed by atoms with van der Waals surface area (Å²) in [5, 5.41) is 0. The zero-order valence-corrected chi connectivity index (χ0v) is 11.9. The predicted octanol–water partition coefficient (Wildman–Crippen LogP) is 4.27. The van der Waals surface area contributed by atoms with Gasteiger partial charge in [0, 0.05) is 17.3 Å². The standard InChI is InChI=1S/C15H15F3N2O/c1-9(2)20-10(3)13(8-21)19-14(20)11-4-6-12(7-5-11)15(16,17)18/h4-9H,1-3H3. The van der Waals surface area contributed by atoms with Gasteiger partial charge in [-0.15, -0.1) is 0 Å². The Balaban J connectivity index is 2.54. The Morgan fingerprint density at radius 1 is 1.19 bits per heavy atom. The molecular weight excluding hydrogens is 281 g/mol. The number of aromatic nitrogens is 2. The summed E-state index contributed by atoms with van der Waals surface area (Å²) in [7, 11) is 0. The molecule has 2 aromatic rings. The van der Waals surface area contributed by atoms with Crippen LogP contribution in [-0.2, 0) is 6.18 Å². The van der Waals surface area contributed by atoms with Gasteiger partial charge in [0.15, 0.2) is 6.29 Å². The molecule has 0 unspecified atom stereocenters. The van der Waals surface area contributed by atoms with Gasteiger partial charge in [-0.1, -0.05) is 12.1 Å². The summed E-state index contributed by atoms with van der Waals surface area (Å²) in [6.45, 7) is 5.62. The van der Waals surface area contributed by atoms with Crippen LogP contribution >= 0.6 is 0 Å². The number of halogens is 3. The minimum Gasteiger partial charge on any atom is -0.325 e. The van der Waals surface area contributed by atoms with E-state index in [0.717, 1.165) is 12.1 Å². The van der Waals surface area contributed by atoms with Gasteiger partial charge in [0.2, 0.25) is 0 Å². The van der Waals surface area contributed by atoms with Crippen LogP contribution in [0.4, 0.5) is 13.2 Å². The van der Waals surface area contributed by atoms with Crippen LogP contribution in [0, 0.1) is 6.92 Å². The van der Waals surface area contributed by atoms with Gasteiger partial charge in [0.05, 0.1) is 5.56 Å². The van der Waals surface area contributed by atoms with Gasteiger partial charge in [-0.05, 0) is 32.9 Å². The fourth-order valence-electron chi connectivity index (χ4n) is 2.29. The van der Waals surface area contributed by atoms with Crippen molar-refractivity contribution in [2.24, 2.45) is 0 Å². The molecule has 1 heterocycles. The zero-order valence-electron chi connectivity index (χ0n) is 11.9. The molecular formula is C15H15F3N2O. The van der Waals surface area contributed by atoms with Gasteiger partial charge in [-0.2, -0.15) is 13.2 Å². The van der Waals surface area contributed by atoms with E-state index in [1.807, 2.05) is 18.4 Å². The molecule has 0 saturated heterocycles. The average molecular weight is 296 g/mol. The third-order valence-electron chi connectivity index (χ3n) is 3.29. The highest BCUT2D eigenvalue weighted by Crippen LogP contribution is 2.32. The first kappa shape index (κ1) is 15.3. The first-order valence-corrected chi connectivity index (χ1v) is 6.47. The molecule has 0 aliphatic carbocycles. The number of carbonyl (C=O) groups is 1. The van der Waals surface area contributed by atoms with Crippen molar-refractivity contribution >= 4 is 6.29 Å². The van der Waals surface area contributed by atoms with Crippen molar-refractivity contribution in [3.05, 3.63) is 41.2 Å². The van der Waals surface area contributed by atoms with E-state index in [2.05, 4.69) is 4.98 Å². The Hall–Kier alpha value is -2.11. The fourth-order valence-corrected chi connectivity index (χ4v) is 2.29. The third-order valence-corrected chi connectivity index (χ3v) is 3.29. The number of aldehydes is 1. The van der Waals surface area contributed by atoms with Gasteiger partial charge < -0.3 is 4.57 Å². The van der Waals surface area contributed by atoms with Crippen molar-refractivity contribution in [3.8, 4) is 11.4 Å². The van der Waals surface area contributed by atoms with E-state index in [0.29, 0.717) is 29.1 Å². The molecule has 0 radical (unpaired) electrons. The summed E-state index contributed by atoms with van der Waals surface area (Å²) < 4.78 is 39.6. The van der Waals surface area contributed by atoms with Crippen molar-refractivity contribution in [3.63, 3.8) is 0 Å². The van der Waals surface area contributed by atoms with Crippen LogP contribution in [0.15, 0.2) is 24.3 Å². The number of rotatable bonds is 3. The van der Waals surface area contributed by atoms with Gasteiger partial charge in [0.1, 0.15) is 11.5 Å². The molecule has 0 amide bonds. The van der Waals surface area contributed by atoms with E-state index >= 15 is 0 Å². The molecule has 0 spiro atoms. The lowest BCUT2D eigenvalue weighted by molar-refractivity contribution is -0.137. The quantitative estimate of drug-likeness (QED) is 0.793. The molecule has 6 heteroatoms. The molecule has 112 valence electrons. The summed E-state index contributed by atoms with van der Waals surface area (Å²) in [6.07, 6.45) is -3.71. The van der Waals surface area contributed by atoms with Crippen LogP contribution in [0.1, 0.15) is 41.6 Å². The highest BCUT2D eigenvalue weighted by Gasteiger charge is 2.30. The lowest BCUT2D eigenvalue weighted by Crippen LogP contribution is -2.07. The number of benzene rings is 1. The number of hydrogen-bond donors (Lipinski definition) is 0. The summed E-state index contributed by atoms with van der Waals surface area (Å²) in [6, 6.07) is 4.83. The maximum absolute atomic E-state index is 12.6. The Kier molecular flexibility index (Phi) is 3.89. The van der Waals surface area contributed by atoms with Crippen LogP contribution in [0.5, 0.6) is 0 Å². The van der Waals surface area contributed by atoms with Crippen molar-refractivity contribution in [2.45, 2.75) is 33.0 Å². The minimum atomic E-state index is -4.37. The monoisotopic (exact) mass is 296 g/mol. The molecule has 0 aliphatic heterocycles. The topological polar surface area (TPSA) is 34.9 Å². The molecule has 2 rings (SSSR count). The van der Waals surface area contributed by atoms with Gasteiger partial charge >= 0.3 is 6.18 Å². The summed E-state index contributed by atoms with van der Waals surface area (Å²) in [5.74, 6) is 0.498. The van der Waals surface area contributed by atoms with Crippen LogP contribution in [0.3, 0.4) is 0 Å².